The van der Waals surface area contributed by atoms with Gasteiger partial charge in [-0.3, -0.25) is 9.36 Å². The van der Waals surface area contributed by atoms with E-state index in [1.165, 1.54) is 0 Å². The van der Waals surface area contributed by atoms with Crippen LogP contribution in [0.2, 0.25) is 0 Å². The quantitative estimate of drug-likeness (QED) is 0.338. The minimum absolute atomic E-state index is 0.291. The Morgan fingerprint density at radius 2 is 1.62 bits per heavy atom. The SMILES string of the molecule is Cc1ccc(NC(=O)c2c(N)n(-c3ccc(Br)cc3)c3nc4ccccc4nc23)cc1C. The fourth-order valence-corrected chi connectivity index (χ4v) is 4.01. The average molecular weight is 486 g/mol. The molecule has 5 aromatic rings. The van der Waals surface area contributed by atoms with Crippen molar-refractivity contribution in [3.8, 4) is 5.69 Å². The summed E-state index contributed by atoms with van der Waals surface area (Å²) in [6.07, 6.45) is 0. The molecule has 6 nitrogen and oxygen atoms in total. The highest BCUT2D eigenvalue weighted by Gasteiger charge is 2.25. The number of carbonyl (C=O) groups is 1. The van der Waals surface area contributed by atoms with Crippen LogP contribution in [0.1, 0.15) is 21.5 Å². The second kappa shape index (κ2) is 7.76. The summed E-state index contributed by atoms with van der Waals surface area (Å²) in [4.78, 5) is 23.0. The third kappa shape index (κ3) is 3.40. The van der Waals surface area contributed by atoms with E-state index < -0.39 is 0 Å². The molecule has 0 atom stereocenters. The Kier molecular flexibility index (Phi) is 4.90. The second-order valence-electron chi connectivity index (χ2n) is 7.71. The van der Waals surface area contributed by atoms with Gasteiger partial charge in [0.05, 0.1) is 11.0 Å². The van der Waals surface area contributed by atoms with E-state index in [0.717, 1.165) is 26.8 Å². The summed E-state index contributed by atoms with van der Waals surface area (Å²) in [5, 5.41) is 2.97. The summed E-state index contributed by atoms with van der Waals surface area (Å²) in [7, 11) is 0. The monoisotopic (exact) mass is 485 g/mol. The summed E-state index contributed by atoms with van der Waals surface area (Å²) in [6.45, 7) is 4.04. The number of amides is 1. The Morgan fingerprint density at radius 3 is 2.31 bits per heavy atom. The van der Waals surface area contributed by atoms with E-state index in [2.05, 4.69) is 21.2 Å². The number of nitrogens with two attached hydrogens (primary N) is 1. The molecule has 0 saturated carbocycles. The molecule has 32 heavy (non-hydrogen) atoms. The van der Waals surface area contributed by atoms with Crippen molar-refractivity contribution >= 4 is 55.5 Å². The van der Waals surface area contributed by atoms with Crippen LogP contribution >= 0.6 is 15.9 Å². The Morgan fingerprint density at radius 1 is 0.938 bits per heavy atom. The topological polar surface area (TPSA) is 85.8 Å². The molecule has 0 aliphatic heterocycles. The lowest BCUT2D eigenvalue weighted by Crippen LogP contribution is -2.14. The summed E-state index contributed by atoms with van der Waals surface area (Å²) >= 11 is 3.46. The van der Waals surface area contributed by atoms with Gasteiger partial charge in [0.2, 0.25) is 0 Å². The van der Waals surface area contributed by atoms with Crippen LogP contribution in [0.3, 0.4) is 0 Å². The van der Waals surface area contributed by atoms with Gasteiger partial charge in [0.25, 0.3) is 5.91 Å². The number of benzene rings is 3. The lowest BCUT2D eigenvalue weighted by Gasteiger charge is -2.09. The van der Waals surface area contributed by atoms with Crippen LogP contribution in [0.4, 0.5) is 11.5 Å². The minimum Gasteiger partial charge on any atom is -0.384 e. The zero-order valence-electron chi connectivity index (χ0n) is 17.6. The van der Waals surface area contributed by atoms with Crippen molar-refractivity contribution in [1.29, 1.82) is 0 Å². The highest BCUT2D eigenvalue weighted by molar-refractivity contribution is 9.10. The number of carbonyl (C=O) groups excluding carboxylic acids is 1. The molecule has 3 aromatic carbocycles. The molecule has 0 saturated heterocycles. The largest absolute Gasteiger partial charge is 0.384 e. The molecular weight excluding hydrogens is 466 g/mol. The molecule has 3 N–H and O–H groups in total. The van der Waals surface area contributed by atoms with Crippen molar-refractivity contribution in [2.24, 2.45) is 0 Å². The number of hydrogen-bond acceptors (Lipinski definition) is 4. The van der Waals surface area contributed by atoms with Gasteiger partial charge in [0.15, 0.2) is 5.65 Å². The molecule has 2 heterocycles. The third-order valence-corrected chi connectivity index (χ3v) is 6.10. The predicted molar refractivity (Wildman–Crippen MR) is 132 cm³/mol. The van der Waals surface area contributed by atoms with Crippen molar-refractivity contribution in [2.45, 2.75) is 13.8 Å². The highest BCUT2D eigenvalue weighted by atomic mass is 79.9. The van der Waals surface area contributed by atoms with E-state index in [0.29, 0.717) is 33.7 Å². The Hall–Kier alpha value is -3.71. The van der Waals surface area contributed by atoms with Crippen LogP contribution in [0.15, 0.2) is 71.2 Å². The number of nitrogens with one attached hydrogen (secondary N) is 1. The first-order valence-electron chi connectivity index (χ1n) is 10.1. The molecule has 2 aromatic heterocycles. The van der Waals surface area contributed by atoms with Crippen LogP contribution in [-0.2, 0) is 0 Å². The molecule has 0 bridgehead atoms. The Bertz CT molecular complexity index is 1510. The van der Waals surface area contributed by atoms with E-state index in [1.807, 2.05) is 80.6 Å². The molecule has 1 amide bonds. The van der Waals surface area contributed by atoms with Gasteiger partial charge in [0, 0.05) is 15.8 Å². The number of nitrogen functional groups attached to an aromatic ring is 1. The van der Waals surface area contributed by atoms with Gasteiger partial charge in [-0.25, -0.2) is 9.97 Å². The molecule has 0 fully saturated rings. The summed E-state index contributed by atoms with van der Waals surface area (Å²) < 4.78 is 2.72. The second-order valence-corrected chi connectivity index (χ2v) is 8.63. The number of fused-ring (bicyclic) bond motifs is 2. The number of rotatable bonds is 3. The first-order chi connectivity index (χ1) is 15.4. The maximum Gasteiger partial charge on any atom is 0.261 e. The highest BCUT2D eigenvalue weighted by Crippen LogP contribution is 2.32. The van der Waals surface area contributed by atoms with E-state index in [-0.39, 0.29) is 5.91 Å². The molecule has 158 valence electrons. The van der Waals surface area contributed by atoms with Crippen molar-refractivity contribution in [3.63, 3.8) is 0 Å². The third-order valence-electron chi connectivity index (χ3n) is 5.57. The number of para-hydroxylation sites is 2. The van der Waals surface area contributed by atoms with E-state index >= 15 is 0 Å². The van der Waals surface area contributed by atoms with E-state index in [9.17, 15) is 4.79 Å². The fourth-order valence-electron chi connectivity index (χ4n) is 3.75. The van der Waals surface area contributed by atoms with Gasteiger partial charge in [-0.05, 0) is 73.5 Å². The summed E-state index contributed by atoms with van der Waals surface area (Å²) in [5.74, 6) is -0.0323. The number of anilines is 2. The van der Waals surface area contributed by atoms with Crippen LogP contribution in [0.25, 0.3) is 27.9 Å². The zero-order chi connectivity index (χ0) is 22.4. The van der Waals surface area contributed by atoms with Gasteiger partial charge in [-0.15, -0.1) is 0 Å². The molecule has 7 heteroatoms. The maximum atomic E-state index is 13.4. The predicted octanol–water partition coefficient (Wildman–Crippen LogP) is 5.79. The van der Waals surface area contributed by atoms with Gasteiger partial charge < -0.3 is 11.1 Å². The minimum atomic E-state index is -0.323. The molecule has 0 aliphatic carbocycles. The average Bonchev–Trinajstić information content (AvgIpc) is 3.06. The first-order valence-corrected chi connectivity index (χ1v) is 10.9. The standard InChI is InChI=1S/C25H20BrN5O/c1-14-7-10-17(13-15(14)2)28-25(32)21-22-24(30-20-6-4-3-5-19(20)29-22)31(23(21)27)18-11-8-16(26)9-12-18/h3-13H,27H2,1-2H3,(H,28,32). The zero-order valence-corrected chi connectivity index (χ0v) is 19.1. The first kappa shape index (κ1) is 20.2. The number of nitrogens with zero attached hydrogens (tertiary/aromatic N) is 3. The van der Waals surface area contributed by atoms with Crippen molar-refractivity contribution in [1.82, 2.24) is 14.5 Å². The molecule has 0 aliphatic rings. The number of aromatic nitrogens is 3. The van der Waals surface area contributed by atoms with Crippen molar-refractivity contribution in [3.05, 3.63) is 87.9 Å². The van der Waals surface area contributed by atoms with Crippen molar-refractivity contribution < 1.29 is 4.79 Å². The van der Waals surface area contributed by atoms with Gasteiger partial charge in [-0.1, -0.05) is 34.1 Å². The molecular formula is C25H20BrN5O. The Balaban J connectivity index is 1.73. The summed E-state index contributed by atoms with van der Waals surface area (Å²) in [6, 6.07) is 21.1. The number of aryl methyl sites for hydroxylation is 2. The van der Waals surface area contributed by atoms with E-state index in [4.69, 9.17) is 15.7 Å². The molecule has 0 unspecified atom stereocenters. The van der Waals surface area contributed by atoms with Crippen LogP contribution in [0.5, 0.6) is 0 Å². The molecule has 0 radical (unpaired) electrons. The molecule has 5 rings (SSSR count). The van der Waals surface area contributed by atoms with Gasteiger partial charge in [-0.2, -0.15) is 0 Å². The molecule has 0 spiro atoms. The normalized spacial score (nSPS) is 11.2. The smallest absolute Gasteiger partial charge is 0.261 e. The van der Waals surface area contributed by atoms with E-state index in [1.54, 1.807) is 4.57 Å². The van der Waals surface area contributed by atoms with Gasteiger partial charge in [0.1, 0.15) is 16.9 Å². The van der Waals surface area contributed by atoms with Crippen molar-refractivity contribution in [2.75, 3.05) is 11.1 Å². The summed E-state index contributed by atoms with van der Waals surface area (Å²) in [5.41, 5.74) is 13.1. The van der Waals surface area contributed by atoms with Crippen LogP contribution in [0, 0.1) is 13.8 Å². The lowest BCUT2D eigenvalue weighted by molar-refractivity contribution is 0.102. The van der Waals surface area contributed by atoms with Gasteiger partial charge >= 0.3 is 0 Å². The van der Waals surface area contributed by atoms with Crippen LogP contribution < -0.4 is 11.1 Å². The fraction of sp³-hybridized carbons (Fsp3) is 0.0800. The number of halogens is 1. The van der Waals surface area contributed by atoms with Crippen LogP contribution in [-0.4, -0.2) is 20.4 Å². The Labute approximate surface area is 193 Å². The lowest BCUT2D eigenvalue weighted by atomic mass is 10.1. The maximum absolute atomic E-state index is 13.4. The number of hydrogen-bond donors (Lipinski definition) is 2.